The number of benzene rings is 3. The molecule has 23 unspecified atom stereocenters. The number of rotatable bonds is 22. The van der Waals surface area contributed by atoms with E-state index in [2.05, 4.69) is 197 Å². The molecule has 658 valence electrons. The molecule has 0 N–H and O–H groups in total. The molecule has 16 fully saturated rings. The van der Waals surface area contributed by atoms with Gasteiger partial charge in [0.2, 0.25) is 0 Å². The average molecular weight is 1610 g/mol. The second kappa shape index (κ2) is 41.6. The Morgan fingerprint density at radius 2 is 0.573 bits per heavy atom. The SMILES string of the molecule is CC(C)C(C)OC1CC2C3CCC(C3)C2C1.CC(C)C(C)OC1Cc2ccccc2C1.CC(C)OC1CC2C3CCC(C3)C2C1.CC(C)OC1Cc2ccccc2C1.CCC(C)OC12CC3CC(CC(C3)C1)C2.CCC(C)OC1CC2C3CCC(C3)C2C1.CCC(C)OC1CC2CC1C1CCCC21.CCC(C)OC1Cc2ccccc2C1. The fourth-order valence-corrected chi connectivity index (χ4v) is 28.9. The topological polar surface area (TPSA) is 73.8 Å². The lowest BCUT2D eigenvalue weighted by atomic mass is 9.54. The van der Waals surface area contributed by atoms with Crippen molar-refractivity contribution in [2.75, 3.05) is 0 Å². The summed E-state index contributed by atoms with van der Waals surface area (Å²) in [4.78, 5) is 0. The maximum absolute atomic E-state index is 6.40. The highest BCUT2D eigenvalue weighted by atomic mass is 16.5. The van der Waals surface area contributed by atoms with Crippen LogP contribution in [0, 0.1) is 124 Å². The number of fused-ring (bicyclic) bond motifs is 23. The first kappa shape index (κ1) is 90.6. The average Bonchev–Trinajstić information content (AvgIpc) is 1.72. The van der Waals surface area contributed by atoms with Crippen LogP contribution in [0.2, 0.25) is 0 Å². The molecule has 0 aliphatic heterocycles. The lowest BCUT2D eigenvalue weighted by molar-refractivity contribution is -0.184. The molecule has 0 heterocycles. The normalized spacial score (nSPS) is 37.9. The monoisotopic (exact) mass is 1610 g/mol. The van der Waals surface area contributed by atoms with Gasteiger partial charge in [-0.05, 0) is 452 Å². The summed E-state index contributed by atoms with van der Waals surface area (Å²) >= 11 is 0. The van der Waals surface area contributed by atoms with Crippen molar-refractivity contribution in [3.05, 3.63) is 106 Å². The molecule has 0 spiro atoms. The zero-order valence-electron chi connectivity index (χ0n) is 77.9. The van der Waals surface area contributed by atoms with Crippen molar-refractivity contribution in [2.24, 2.45) is 124 Å². The van der Waals surface area contributed by atoms with Gasteiger partial charge in [-0.3, -0.25) is 0 Å². The summed E-state index contributed by atoms with van der Waals surface area (Å²) in [5, 5.41) is 0. The molecule has 0 saturated heterocycles. The molecule has 8 nitrogen and oxygen atoms in total. The lowest BCUT2D eigenvalue weighted by Crippen LogP contribution is -2.53. The van der Waals surface area contributed by atoms with Gasteiger partial charge in [0.15, 0.2) is 0 Å². The van der Waals surface area contributed by atoms with E-state index in [4.69, 9.17) is 37.9 Å². The first-order valence-electron chi connectivity index (χ1n) is 50.8. The third-order valence-corrected chi connectivity index (χ3v) is 35.1. The predicted octanol–water partition coefficient (Wildman–Crippen LogP) is 26.9. The molecular weight excluding hydrogens is 1440 g/mol. The molecule has 19 aliphatic rings. The molecule has 22 rings (SSSR count). The zero-order valence-corrected chi connectivity index (χ0v) is 77.9. The second-order valence-corrected chi connectivity index (χ2v) is 44.4. The molecule has 19 aliphatic carbocycles. The summed E-state index contributed by atoms with van der Waals surface area (Å²) in [6, 6.07) is 26.0. The summed E-state index contributed by atoms with van der Waals surface area (Å²) < 4.78 is 48.7. The van der Waals surface area contributed by atoms with Gasteiger partial charge in [-0.1, -0.05) is 135 Å². The maximum Gasteiger partial charge on any atom is 0.0694 e. The van der Waals surface area contributed by atoms with Gasteiger partial charge in [0.25, 0.3) is 0 Å². The van der Waals surface area contributed by atoms with Crippen LogP contribution in [0.3, 0.4) is 0 Å². The molecule has 3 aromatic rings. The van der Waals surface area contributed by atoms with Gasteiger partial charge in [0.1, 0.15) is 0 Å². The Balaban J connectivity index is 0.000000110. The fourth-order valence-electron chi connectivity index (χ4n) is 28.9. The van der Waals surface area contributed by atoms with E-state index in [0.717, 1.165) is 157 Å². The van der Waals surface area contributed by atoms with Gasteiger partial charge in [0, 0.05) is 0 Å². The minimum absolute atomic E-state index is 0.324. The number of hydrogen-bond donors (Lipinski definition) is 0. The predicted molar refractivity (Wildman–Crippen MR) is 484 cm³/mol. The Kier molecular flexibility index (Phi) is 32.2. The molecule has 0 radical (unpaired) electrons. The van der Waals surface area contributed by atoms with Crippen LogP contribution >= 0.6 is 0 Å². The minimum atomic E-state index is 0.324. The quantitative estimate of drug-likeness (QED) is 0.0985. The van der Waals surface area contributed by atoms with Crippen molar-refractivity contribution >= 4 is 0 Å². The molecular formula is C109H174O8. The Morgan fingerprint density at radius 1 is 0.274 bits per heavy atom. The van der Waals surface area contributed by atoms with Crippen molar-refractivity contribution < 1.29 is 37.9 Å². The molecule has 8 heteroatoms. The lowest BCUT2D eigenvalue weighted by Gasteiger charge is -2.57. The van der Waals surface area contributed by atoms with Gasteiger partial charge in [0.05, 0.1) is 97.2 Å². The summed E-state index contributed by atoms with van der Waals surface area (Å²) in [6.07, 6.45) is 56.5. The molecule has 23 atom stereocenters. The first-order valence-corrected chi connectivity index (χ1v) is 50.8. The van der Waals surface area contributed by atoms with E-state index in [9.17, 15) is 0 Å². The van der Waals surface area contributed by atoms with Gasteiger partial charge in [-0.15, -0.1) is 0 Å². The molecule has 117 heavy (non-hydrogen) atoms. The van der Waals surface area contributed by atoms with E-state index >= 15 is 0 Å². The van der Waals surface area contributed by atoms with Crippen molar-refractivity contribution in [1.29, 1.82) is 0 Å². The number of hydrogen-bond acceptors (Lipinski definition) is 8. The van der Waals surface area contributed by atoms with Crippen molar-refractivity contribution in [3.8, 4) is 0 Å². The first-order chi connectivity index (χ1) is 56.4. The Morgan fingerprint density at radius 3 is 0.923 bits per heavy atom. The van der Waals surface area contributed by atoms with Crippen molar-refractivity contribution in [1.82, 2.24) is 0 Å². The Hall–Kier alpha value is -2.66. The van der Waals surface area contributed by atoms with Crippen LogP contribution in [-0.2, 0) is 76.4 Å². The summed E-state index contributed by atoms with van der Waals surface area (Å²) in [7, 11) is 0. The van der Waals surface area contributed by atoms with Crippen LogP contribution in [0.1, 0.15) is 351 Å². The van der Waals surface area contributed by atoms with E-state index in [1.165, 1.54) is 200 Å². The zero-order chi connectivity index (χ0) is 82.3. The third kappa shape index (κ3) is 23.0. The summed E-state index contributed by atoms with van der Waals surface area (Å²) in [5.41, 5.74) is 9.14. The van der Waals surface area contributed by atoms with E-state index in [1.807, 2.05) is 0 Å². The highest BCUT2D eigenvalue weighted by molar-refractivity contribution is 5.34. The molecule has 3 aromatic carbocycles. The molecule has 16 saturated carbocycles. The van der Waals surface area contributed by atoms with Crippen LogP contribution < -0.4 is 0 Å². The largest absolute Gasteiger partial charge is 0.376 e. The van der Waals surface area contributed by atoms with Gasteiger partial charge in [-0.25, -0.2) is 0 Å². The van der Waals surface area contributed by atoms with E-state index in [0.29, 0.717) is 109 Å². The standard InChI is InChI=1S/C15H26O.3C14H24O.C14H20O.C13H22O.C13H18O.C12H16O/c1-9(2)10(3)16-13-7-14-11-4-5-12(6-11)15(14)8-13;1-3-10(2)15-14-7-11-4-12(8-14)6-13(5-11)9-14;1-3-9(2)15-12-7-13-10-4-5-11(6-10)14(13)8-12;1-3-9(2)15-14-8-10-7-13(14)12-6-4-5-11(10)12;1-10(2)11(3)15-14-8-12-6-4-5-7-13(12)9-14;1-8(2)14-11-6-12-9-3-4-10(5-9)13(12)7-11;1-3-10(2)14-13-8-11-6-4-5-7-12(11)9-13;1-9(2)13-12-7-10-5-3-4-6-11(10)8-12/h9-15H,4-8H2,1-3H3;10-13H,3-9H2,1-2H3;2*9-14H,3-8H2,1-2H3;4-7,10-11,14H,8-9H2,1-3H3;8-13H,3-7H2,1-2H3;4-7,10,13H,3,8-9H2,1-2H3;3-6,9,12H,7-8H2,1-2H3. The number of ether oxygens (including phenoxy) is 8. The van der Waals surface area contributed by atoms with Gasteiger partial charge >= 0.3 is 0 Å². The Labute approximate surface area is 717 Å². The van der Waals surface area contributed by atoms with Crippen LogP contribution in [-0.4, -0.2) is 97.2 Å². The molecule has 0 aromatic heterocycles. The van der Waals surface area contributed by atoms with Crippen LogP contribution in [0.15, 0.2) is 72.8 Å². The Bertz CT molecular complexity index is 3300. The van der Waals surface area contributed by atoms with Crippen LogP contribution in [0.5, 0.6) is 0 Å². The highest BCUT2D eigenvalue weighted by Gasteiger charge is 2.57. The van der Waals surface area contributed by atoms with Crippen molar-refractivity contribution in [2.45, 2.75) is 453 Å². The molecule has 0 amide bonds. The fraction of sp³-hybridized carbons (Fsp3) is 0.835. The van der Waals surface area contributed by atoms with Crippen LogP contribution in [0.25, 0.3) is 0 Å². The van der Waals surface area contributed by atoms with Crippen molar-refractivity contribution in [3.63, 3.8) is 0 Å². The maximum atomic E-state index is 6.40. The minimum Gasteiger partial charge on any atom is -0.376 e. The smallest absolute Gasteiger partial charge is 0.0694 e. The highest BCUT2D eigenvalue weighted by Crippen LogP contribution is 2.64. The van der Waals surface area contributed by atoms with E-state index in [1.54, 1.807) is 19.3 Å². The van der Waals surface area contributed by atoms with Crippen LogP contribution in [0.4, 0.5) is 0 Å². The van der Waals surface area contributed by atoms with E-state index in [-0.39, 0.29) is 0 Å². The molecule has 12 bridgehead atoms. The van der Waals surface area contributed by atoms with Gasteiger partial charge in [-0.2, -0.15) is 0 Å². The summed E-state index contributed by atoms with van der Waals surface area (Å²) in [5.74, 6) is 21.3. The third-order valence-electron chi connectivity index (χ3n) is 35.1. The van der Waals surface area contributed by atoms with E-state index < -0.39 is 0 Å². The summed E-state index contributed by atoms with van der Waals surface area (Å²) in [6.45, 7) is 39.7. The van der Waals surface area contributed by atoms with Gasteiger partial charge < -0.3 is 37.9 Å². The second-order valence-electron chi connectivity index (χ2n) is 44.4.